The van der Waals surface area contributed by atoms with Gasteiger partial charge in [0.25, 0.3) is 0 Å². The number of nitrogens with zero attached hydrogens (tertiary/aromatic N) is 3. The SMILES string of the molecule is CN1CCC(CNc2nnc(Cl)c3ccccc23)C1. The van der Waals surface area contributed by atoms with Crippen molar-refractivity contribution >= 4 is 28.2 Å². The predicted molar refractivity (Wildman–Crippen MR) is 78.6 cm³/mol. The van der Waals surface area contributed by atoms with E-state index in [0.29, 0.717) is 11.1 Å². The van der Waals surface area contributed by atoms with E-state index < -0.39 is 0 Å². The Bertz CT molecular complexity index is 587. The molecule has 1 fully saturated rings. The predicted octanol–water partition coefficient (Wildman–Crippen LogP) is 2.65. The van der Waals surface area contributed by atoms with Crippen LogP contribution in [-0.2, 0) is 0 Å². The Morgan fingerprint density at radius 2 is 2.11 bits per heavy atom. The number of nitrogens with one attached hydrogen (secondary N) is 1. The van der Waals surface area contributed by atoms with Crippen molar-refractivity contribution in [2.24, 2.45) is 5.92 Å². The molecule has 100 valence electrons. The minimum Gasteiger partial charge on any atom is -0.368 e. The molecule has 1 atom stereocenters. The minimum absolute atomic E-state index is 0.460. The molecule has 1 unspecified atom stereocenters. The van der Waals surface area contributed by atoms with Gasteiger partial charge in [0.2, 0.25) is 0 Å². The molecule has 0 spiro atoms. The maximum atomic E-state index is 6.07. The fourth-order valence-electron chi connectivity index (χ4n) is 2.64. The quantitative estimate of drug-likeness (QED) is 0.936. The summed E-state index contributed by atoms with van der Waals surface area (Å²) in [5, 5.41) is 14.1. The van der Waals surface area contributed by atoms with E-state index in [9.17, 15) is 0 Å². The van der Waals surface area contributed by atoms with E-state index in [4.69, 9.17) is 11.6 Å². The van der Waals surface area contributed by atoms with Crippen molar-refractivity contribution in [2.45, 2.75) is 6.42 Å². The molecule has 0 aliphatic carbocycles. The Hall–Kier alpha value is -1.39. The molecule has 1 aromatic carbocycles. The lowest BCUT2D eigenvalue weighted by molar-refractivity contribution is 0.399. The Morgan fingerprint density at radius 1 is 1.32 bits per heavy atom. The fourth-order valence-corrected chi connectivity index (χ4v) is 2.84. The van der Waals surface area contributed by atoms with Gasteiger partial charge in [0.1, 0.15) is 0 Å². The molecule has 2 heterocycles. The molecule has 1 saturated heterocycles. The maximum Gasteiger partial charge on any atom is 0.159 e. The molecule has 0 radical (unpaired) electrons. The van der Waals surface area contributed by atoms with E-state index in [-0.39, 0.29) is 0 Å². The summed E-state index contributed by atoms with van der Waals surface area (Å²) in [5.74, 6) is 1.51. The minimum atomic E-state index is 0.460. The average molecular weight is 277 g/mol. The maximum absolute atomic E-state index is 6.07. The summed E-state index contributed by atoms with van der Waals surface area (Å²) in [4.78, 5) is 2.36. The van der Waals surface area contributed by atoms with Crippen molar-refractivity contribution < 1.29 is 0 Å². The third kappa shape index (κ3) is 2.65. The van der Waals surface area contributed by atoms with E-state index in [2.05, 4.69) is 27.5 Å². The van der Waals surface area contributed by atoms with Crippen LogP contribution in [0.2, 0.25) is 5.15 Å². The number of fused-ring (bicyclic) bond motifs is 1. The molecule has 3 rings (SSSR count). The number of hydrogen-bond acceptors (Lipinski definition) is 4. The molecule has 0 amide bonds. The van der Waals surface area contributed by atoms with Gasteiger partial charge in [-0.2, -0.15) is 0 Å². The summed E-state index contributed by atoms with van der Waals surface area (Å²) < 4.78 is 0. The highest BCUT2D eigenvalue weighted by Crippen LogP contribution is 2.26. The molecule has 2 aromatic rings. The van der Waals surface area contributed by atoms with E-state index in [1.165, 1.54) is 13.0 Å². The van der Waals surface area contributed by atoms with Crippen LogP contribution in [0.1, 0.15) is 6.42 Å². The van der Waals surface area contributed by atoms with Crippen LogP contribution in [0, 0.1) is 5.92 Å². The third-order valence-corrected chi connectivity index (χ3v) is 3.97. The first-order valence-electron chi connectivity index (χ1n) is 6.57. The van der Waals surface area contributed by atoms with Gasteiger partial charge in [0.05, 0.1) is 0 Å². The lowest BCUT2D eigenvalue weighted by Gasteiger charge is -2.13. The smallest absolute Gasteiger partial charge is 0.159 e. The van der Waals surface area contributed by atoms with Crippen LogP contribution in [0.3, 0.4) is 0 Å². The first-order chi connectivity index (χ1) is 9.24. The third-order valence-electron chi connectivity index (χ3n) is 3.69. The Kier molecular flexibility index (Phi) is 3.53. The Balaban J connectivity index is 1.79. The topological polar surface area (TPSA) is 41.0 Å². The summed E-state index contributed by atoms with van der Waals surface area (Å²) >= 11 is 6.07. The van der Waals surface area contributed by atoms with E-state index in [1.54, 1.807) is 0 Å². The number of anilines is 1. The standard InChI is InChI=1S/C14H17ClN4/c1-19-7-6-10(9-19)8-16-14-12-5-3-2-4-11(12)13(15)17-18-14/h2-5,10H,6-9H2,1H3,(H,16,18). The van der Waals surface area contributed by atoms with Crippen LogP contribution in [0.5, 0.6) is 0 Å². The average Bonchev–Trinajstić information content (AvgIpc) is 2.84. The molecule has 1 aliphatic rings. The van der Waals surface area contributed by atoms with Gasteiger partial charge in [-0.3, -0.25) is 0 Å². The van der Waals surface area contributed by atoms with Crippen molar-refractivity contribution in [2.75, 3.05) is 32.0 Å². The van der Waals surface area contributed by atoms with Crippen molar-refractivity contribution in [1.82, 2.24) is 15.1 Å². The number of rotatable bonds is 3. The van der Waals surface area contributed by atoms with Crippen LogP contribution in [0.4, 0.5) is 5.82 Å². The van der Waals surface area contributed by atoms with Crippen LogP contribution >= 0.6 is 11.6 Å². The van der Waals surface area contributed by atoms with Crippen molar-refractivity contribution in [3.63, 3.8) is 0 Å². The van der Waals surface area contributed by atoms with Gasteiger partial charge in [0.15, 0.2) is 11.0 Å². The molecule has 5 heteroatoms. The molecule has 1 N–H and O–H groups in total. The largest absolute Gasteiger partial charge is 0.368 e. The second kappa shape index (κ2) is 5.31. The molecule has 1 aliphatic heterocycles. The van der Waals surface area contributed by atoms with Crippen LogP contribution in [-0.4, -0.2) is 41.8 Å². The van der Waals surface area contributed by atoms with Crippen molar-refractivity contribution in [1.29, 1.82) is 0 Å². The van der Waals surface area contributed by atoms with E-state index in [0.717, 1.165) is 29.7 Å². The van der Waals surface area contributed by atoms with Gasteiger partial charge in [-0.15, -0.1) is 10.2 Å². The second-order valence-corrected chi connectivity index (χ2v) is 5.54. The molecular weight excluding hydrogens is 260 g/mol. The summed E-state index contributed by atoms with van der Waals surface area (Å²) in [6.45, 7) is 3.26. The number of halogens is 1. The number of benzene rings is 1. The van der Waals surface area contributed by atoms with Crippen LogP contribution in [0.25, 0.3) is 10.8 Å². The van der Waals surface area contributed by atoms with E-state index in [1.807, 2.05) is 24.3 Å². The first kappa shape index (κ1) is 12.6. The molecule has 0 saturated carbocycles. The summed E-state index contributed by atoms with van der Waals surface area (Å²) in [6, 6.07) is 7.96. The number of likely N-dealkylation sites (tertiary alicyclic amines) is 1. The van der Waals surface area contributed by atoms with Gasteiger partial charge in [-0.25, -0.2) is 0 Å². The van der Waals surface area contributed by atoms with Gasteiger partial charge < -0.3 is 10.2 Å². The summed E-state index contributed by atoms with van der Waals surface area (Å²) in [5.41, 5.74) is 0. The molecule has 0 bridgehead atoms. The summed E-state index contributed by atoms with van der Waals surface area (Å²) in [7, 11) is 2.16. The normalized spacial score (nSPS) is 20.0. The van der Waals surface area contributed by atoms with Crippen LogP contribution < -0.4 is 5.32 Å². The van der Waals surface area contributed by atoms with Gasteiger partial charge in [0, 0.05) is 23.9 Å². The number of hydrogen-bond donors (Lipinski definition) is 1. The van der Waals surface area contributed by atoms with Gasteiger partial charge in [-0.1, -0.05) is 35.9 Å². The zero-order valence-electron chi connectivity index (χ0n) is 10.9. The zero-order chi connectivity index (χ0) is 13.2. The summed E-state index contributed by atoms with van der Waals surface area (Å²) in [6.07, 6.45) is 1.24. The second-order valence-electron chi connectivity index (χ2n) is 5.18. The lowest BCUT2D eigenvalue weighted by atomic mass is 10.1. The lowest BCUT2D eigenvalue weighted by Crippen LogP contribution is -2.19. The zero-order valence-corrected chi connectivity index (χ0v) is 11.7. The van der Waals surface area contributed by atoms with E-state index >= 15 is 0 Å². The number of aromatic nitrogens is 2. The monoisotopic (exact) mass is 276 g/mol. The highest BCUT2D eigenvalue weighted by atomic mass is 35.5. The van der Waals surface area contributed by atoms with Gasteiger partial charge >= 0.3 is 0 Å². The van der Waals surface area contributed by atoms with Crippen LogP contribution in [0.15, 0.2) is 24.3 Å². The van der Waals surface area contributed by atoms with Crippen molar-refractivity contribution in [3.05, 3.63) is 29.4 Å². The van der Waals surface area contributed by atoms with Gasteiger partial charge in [-0.05, 0) is 25.9 Å². The molecule has 1 aromatic heterocycles. The van der Waals surface area contributed by atoms with Crippen molar-refractivity contribution in [3.8, 4) is 0 Å². The fraction of sp³-hybridized carbons (Fsp3) is 0.429. The molecule has 19 heavy (non-hydrogen) atoms. The highest BCUT2D eigenvalue weighted by Gasteiger charge is 2.19. The molecular formula is C14H17ClN4. The first-order valence-corrected chi connectivity index (χ1v) is 6.95. The Labute approximate surface area is 117 Å². The Morgan fingerprint density at radius 3 is 2.84 bits per heavy atom. The molecule has 4 nitrogen and oxygen atoms in total. The highest BCUT2D eigenvalue weighted by molar-refractivity contribution is 6.34.